The summed E-state index contributed by atoms with van der Waals surface area (Å²) < 4.78 is 6.07. The van der Waals surface area contributed by atoms with Gasteiger partial charge < -0.3 is 9.64 Å². The van der Waals surface area contributed by atoms with Crippen LogP contribution in [0, 0.1) is 6.92 Å². The van der Waals surface area contributed by atoms with Gasteiger partial charge in [0.2, 0.25) is 5.91 Å². The van der Waals surface area contributed by atoms with Crippen molar-refractivity contribution in [3.05, 3.63) is 16.1 Å². The van der Waals surface area contributed by atoms with Gasteiger partial charge in [-0.2, -0.15) is 0 Å². The Morgan fingerprint density at radius 1 is 1.43 bits per heavy atom. The van der Waals surface area contributed by atoms with Gasteiger partial charge in [-0.1, -0.05) is 19.3 Å². The van der Waals surface area contributed by atoms with Crippen LogP contribution in [-0.2, 0) is 9.53 Å². The van der Waals surface area contributed by atoms with Crippen LogP contribution >= 0.6 is 11.3 Å². The van der Waals surface area contributed by atoms with E-state index in [1.165, 1.54) is 19.3 Å². The Morgan fingerprint density at radius 3 is 2.86 bits per heavy atom. The van der Waals surface area contributed by atoms with E-state index in [1.807, 2.05) is 24.1 Å². The molecule has 2 heterocycles. The van der Waals surface area contributed by atoms with E-state index >= 15 is 0 Å². The molecule has 3 rings (SSSR count). The average molecular weight is 308 g/mol. The van der Waals surface area contributed by atoms with E-state index in [0.29, 0.717) is 6.61 Å². The number of hydrogen-bond donors (Lipinski definition) is 0. The van der Waals surface area contributed by atoms with E-state index in [1.54, 1.807) is 11.3 Å². The number of nitrogens with zero attached hydrogens (tertiary/aromatic N) is 2. The first-order chi connectivity index (χ1) is 10.1. The predicted molar refractivity (Wildman–Crippen MR) is 83.6 cm³/mol. The van der Waals surface area contributed by atoms with Crippen molar-refractivity contribution in [3.8, 4) is 0 Å². The Kier molecular flexibility index (Phi) is 4.31. The maximum absolute atomic E-state index is 12.8. The first-order valence-corrected chi connectivity index (χ1v) is 8.82. The fraction of sp³-hybridized carbons (Fsp3) is 0.750. The van der Waals surface area contributed by atoms with Gasteiger partial charge in [-0.15, -0.1) is 11.3 Å². The zero-order valence-electron chi connectivity index (χ0n) is 12.9. The largest absolute Gasteiger partial charge is 0.371 e. The minimum absolute atomic E-state index is 0.0648. The van der Waals surface area contributed by atoms with Gasteiger partial charge in [0.1, 0.15) is 5.01 Å². The molecule has 1 aromatic rings. The summed E-state index contributed by atoms with van der Waals surface area (Å²) in [4.78, 5) is 19.3. The molecule has 0 bridgehead atoms. The van der Waals surface area contributed by atoms with Gasteiger partial charge in [0.05, 0.1) is 18.1 Å². The lowest BCUT2D eigenvalue weighted by Crippen LogP contribution is -2.55. The number of carbonyl (C=O) groups is 1. The van der Waals surface area contributed by atoms with Crippen LogP contribution in [0.4, 0.5) is 0 Å². The SMILES string of the molecule is Cc1csc([C@H](C)C(=O)N2CCOC3(CCCCC3)C2)n1. The molecule has 1 amide bonds. The second-order valence-electron chi connectivity index (χ2n) is 6.40. The molecule has 0 radical (unpaired) electrons. The molecule has 0 unspecified atom stereocenters. The van der Waals surface area contributed by atoms with E-state index in [-0.39, 0.29) is 17.4 Å². The second-order valence-corrected chi connectivity index (χ2v) is 7.29. The molecule has 2 aliphatic rings. The number of hydrogen-bond acceptors (Lipinski definition) is 4. The highest BCUT2D eigenvalue weighted by Crippen LogP contribution is 2.35. The molecule has 1 saturated heterocycles. The molecule has 1 aliphatic heterocycles. The maximum atomic E-state index is 12.8. The van der Waals surface area contributed by atoms with E-state index in [9.17, 15) is 4.79 Å². The van der Waals surface area contributed by atoms with Crippen molar-refractivity contribution in [3.63, 3.8) is 0 Å². The first-order valence-electron chi connectivity index (χ1n) is 7.94. The van der Waals surface area contributed by atoms with Crippen molar-refractivity contribution in [2.75, 3.05) is 19.7 Å². The van der Waals surface area contributed by atoms with Crippen molar-refractivity contribution >= 4 is 17.2 Å². The highest BCUT2D eigenvalue weighted by molar-refractivity contribution is 7.09. The number of rotatable bonds is 2. The molecular formula is C16H24N2O2S. The zero-order valence-corrected chi connectivity index (χ0v) is 13.7. The van der Waals surface area contributed by atoms with Gasteiger partial charge in [0.15, 0.2) is 0 Å². The lowest BCUT2D eigenvalue weighted by Gasteiger charge is -2.45. The van der Waals surface area contributed by atoms with Crippen LogP contribution in [0.25, 0.3) is 0 Å². The molecule has 0 N–H and O–H groups in total. The summed E-state index contributed by atoms with van der Waals surface area (Å²) >= 11 is 1.59. The number of amides is 1. The van der Waals surface area contributed by atoms with Crippen LogP contribution in [0.3, 0.4) is 0 Å². The predicted octanol–water partition coefficient (Wildman–Crippen LogP) is 3.12. The number of aromatic nitrogens is 1. The highest BCUT2D eigenvalue weighted by Gasteiger charge is 2.40. The van der Waals surface area contributed by atoms with Gasteiger partial charge in [-0.3, -0.25) is 4.79 Å². The molecule has 1 spiro atoms. The Labute approximate surface area is 130 Å². The number of thiazole rings is 1. The Bertz CT molecular complexity index is 503. The molecule has 4 nitrogen and oxygen atoms in total. The normalized spacial score (nSPS) is 23.2. The molecule has 116 valence electrons. The fourth-order valence-corrected chi connectivity index (χ4v) is 4.33. The third kappa shape index (κ3) is 3.14. The van der Waals surface area contributed by atoms with E-state index in [4.69, 9.17) is 4.74 Å². The lowest BCUT2D eigenvalue weighted by molar-refractivity contribution is -0.157. The number of morpholine rings is 1. The standard InChI is InChI=1S/C16H24N2O2S/c1-12-10-21-14(17-12)13(2)15(19)18-8-9-20-16(11-18)6-4-3-5-7-16/h10,13H,3-9,11H2,1-2H3/t13-/m0/s1. The van der Waals surface area contributed by atoms with Crippen molar-refractivity contribution < 1.29 is 9.53 Å². The third-order valence-corrected chi connectivity index (χ3v) is 5.85. The fourth-order valence-electron chi connectivity index (χ4n) is 3.48. The Balaban J connectivity index is 1.69. The molecular weight excluding hydrogens is 284 g/mol. The Hall–Kier alpha value is -0.940. The summed E-state index contributed by atoms with van der Waals surface area (Å²) in [5.41, 5.74) is 0.936. The number of aryl methyl sites for hydroxylation is 1. The minimum Gasteiger partial charge on any atom is -0.371 e. The Morgan fingerprint density at radius 2 is 2.19 bits per heavy atom. The molecule has 1 aliphatic carbocycles. The summed E-state index contributed by atoms with van der Waals surface area (Å²) in [7, 11) is 0. The molecule has 5 heteroatoms. The first kappa shape index (κ1) is 15.0. The number of carbonyl (C=O) groups excluding carboxylic acids is 1. The van der Waals surface area contributed by atoms with Gasteiger partial charge in [-0.25, -0.2) is 4.98 Å². The molecule has 2 fully saturated rings. The van der Waals surface area contributed by atoms with Gasteiger partial charge in [0, 0.05) is 24.2 Å². The minimum atomic E-state index is -0.137. The molecule has 1 saturated carbocycles. The molecule has 21 heavy (non-hydrogen) atoms. The summed E-state index contributed by atoms with van der Waals surface area (Å²) in [6.07, 6.45) is 5.95. The van der Waals surface area contributed by atoms with Crippen LogP contribution in [0.1, 0.15) is 55.6 Å². The summed E-state index contributed by atoms with van der Waals surface area (Å²) in [6.45, 7) is 6.11. The molecule has 1 atom stereocenters. The second kappa shape index (κ2) is 6.05. The monoisotopic (exact) mass is 308 g/mol. The van der Waals surface area contributed by atoms with Crippen molar-refractivity contribution in [2.24, 2.45) is 0 Å². The molecule has 1 aromatic heterocycles. The lowest BCUT2D eigenvalue weighted by atomic mass is 9.83. The van der Waals surface area contributed by atoms with Crippen LogP contribution in [0.15, 0.2) is 5.38 Å². The van der Waals surface area contributed by atoms with E-state index in [0.717, 1.165) is 36.6 Å². The summed E-state index contributed by atoms with van der Waals surface area (Å²) in [5.74, 6) is 0.0695. The maximum Gasteiger partial charge on any atom is 0.232 e. The van der Waals surface area contributed by atoms with Crippen molar-refractivity contribution in [1.82, 2.24) is 9.88 Å². The topological polar surface area (TPSA) is 42.4 Å². The highest BCUT2D eigenvalue weighted by atomic mass is 32.1. The van der Waals surface area contributed by atoms with Crippen LogP contribution in [0.2, 0.25) is 0 Å². The van der Waals surface area contributed by atoms with Crippen LogP contribution < -0.4 is 0 Å². The van der Waals surface area contributed by atoms with Crippen LogP contribution in [-0.4, -0.2) is 41.1 Å². The van der Waals surface area contributed by atoms with E-state index < -0.39 is 0 Å². The van der Waals surface area contributed by atoms with Gasteiger partial charge >= 0.3 is 0 Å². The van der Waals surface area contributed by atoms with Crippen molar-refractivity contribution in [1.29, 1.82) is 0 Å². The van der Waals surface area contributed by atoms with Gasteiger partial charge in [-0.05, 0) is 26.7 Å². The average Bonchev–Trinajstić information content (AvgIpc) is 2.93. The zero-order chi connectivity index (χ0) is 14.9. The summed E-state index contributed by atoms with van der Waals surface area (Å²) in [5, 5.41) is 2.95. The third-order valence-electron chi connectivity index (χ3n) is 4.70. The van der Waals surface area contributed by atoms with Crippen LogP contribution in [0.5, 0.6) is 0 Å². The quantitative estimate of drug-likeness (QED) is 0.843. The molecule has 0 aromatic carbocycles. The van der Waals surface area contributed by atoms with Crippen molar-refractivity contribution in [2.45, 2.75) is 57.5 Å². The van der Waals surface area contributed by atoms with Gasteiger partial charge in [0.25, 0.3) is 0 Å². The number of ether oxygens (including phenoxy) is 1. The van der Waals surface area contributed by atoms with E-state index in [2.05, 4.69) is 4.98 Å². The smallest absolute Gasteiger partial charge is 0.232 e. The summed E-state index contributed by atoms with van der Waals surface area (Å²) in [6, 6.07) is 0.